The highest BCUT2D eigenvalue weighted by Gasteiger charge is 2.35. The predicted molar refractivity (Wildman–Crippen MR) is 243 cm³/mol. The van der Waals surface area contributed by atoms with Gasteiger partial charge in [-0.2, -0.15) is 0 Å². The molecule has 0 unspecified atom stereocenters. The summed E-state index contributed by atoms with van der Waals surface area (Å²) in [5.74, 6) is 0. The van der Waals surface area contributed by atoms with Gasteiger partial charge in [0.1, 0.15) is 22.3 Å². The summed E-state index contributed by atoms with van der Waals surface area (Å²) in [5.41, 5.74) is 16.7. The van der Waals surface area contributed by atoms with E-state index in [1.807, 2.05) is 6.20 Å². The first-order valence-corrected chi connectivity index (χ1v) is 20.2. The van der Waals surface area contributed by atoms with E-state index in [-0.39, 0.29) is 5.41 Å². The maximum absolute atomic E-state index is 6.99. The van der Waals surface area contributed by atoms with Crippen LogP contribution in [0.1, 0.15) is 25.0 Å². The van der Waals surface area contributed by atoms with E-state index < -0.39 is 0 Å². The van der Waals surface area contributed by atoms with Gasteiger partial charge in [-0.1, -0.05) is 141 Å². The van der Waals surface area contributed by atoms with E-state index in [0.717, 1.165) is 93.6 Å². The fourth-order valence-corrected chi connectivity index (χ4v) is 10.0. The predicted octanol–water partition coefficient (Wildman–Crippen LogP) is 15.0. The molecule has 4 heteroatoms. The third kappa shape index (κ3) is 4.54. The van der Waals surface area contributed by atoms with Crippen molar-refractivity contribution in [3.05, 3.63) is 181 Å². The van der Waals surface area contributed by atoms with Gasteiger partial charge in [0.2, 0.25) is 0 Å². The minimum Gasteiger partial charge on any atom is -0.456 e. The largest absolute Gasteiger partial charge is 0.456 e. The van der Waals surface area contributed by atoms with Gasteiger partial charge < -0.3 is 8.83 Å². The smallest absolute Gasteiger partial charge is 0.147 e. The highest BCUT2D eigenvalue weighted by molar-refractivity contribution is 6.24. The van der Waals surface area contributed by atoms with Crippen molar-refractivity contribution in [3.63, 3.8) is 0 Å². The Hall–Kier alpha value is -7.56. The van der Waals surface area contributed by atoms with E-state index in [4.69, 9.17) is 18.8 Å². The molecule has 1 aliphatic carbocycles. The van der Waals surface area contributed by atoms with Crippen molar-refractivity contribution in [2.24, 2.45) is 0 Å². The van der Waals surface area contributed by atoms with Crippen LogP contribution in [-0.2, 0) is 5.41 Å². The van der Waals surface area contributed by atoms with Crippen LogP contribution in [0.25, 0.3) is 121 Å². The molecule has 0 saturated carbocycles. The topological polar surface area (TPSA) is 52.1 Å². The molecule has 0 atom stereocenters. The molecule has 0 amide bonds. The zero-order valence-corrected chi connectivity index (χ0v) is 32.4. The molecule has 59 heavy (non-hydrogen) atoms. The van der Waals surface area contributed by atoms with Crippen LogP contribution < -0.4 is 0 Å². The Balaban J connectivity index is 0.944. The van der Waals surface area contributed by atoms with Crippen LogP contribution in [0, 0.1) is 0 Å². The molecule has 12 aromatic rings. The van der Waals surface area contributed by atoms with Gasteiger partial charge in [0.25, 0.3) is 0 Å². The lowest BCUT2D eigenvalue weighted by Crippen LogP contribution is -2.14. The molecule has 3 heterocycles. The van der Waals surface area contributed by atoms with Crippen LogP contribution >= 0.6 is 0 Å². The molecule has 13 rings (SSSR count). The minimum atomic E-state index is -0.0703. The molecule has 0 N–H and O–H groups in total. The first-order valence-electron chi connectivity index (χ1n) is 20.2. The molecule has 0 bridgehead atoms. The van der Waals surface area contributed by atoms with Gasteiger partial charge >= 0.3 is 0 Å². The van der Waals surface area contributed by atoms with Gasteiger partial charge in [0.05, 0.1) is 28.3 Å². The number of para-hydroxylation sites is 1. The Bertz CT molecular complexity index is 3740. The third-order valence-electron chi connectivity index (χ3n) is 12.9. The maximum atomic E-state index is 6.99. The summed E-state index contributed by atoms with van der Waals surface area (Å²) < 4.78 is 13.5. The lowest BCUT2D eigenvalue weighted by Gasteiger charge is -2.22. The van der Waals surface area contributed by atoms with Crippen LogP contribution in [0.4, 0.5) is 0 Å². The van der Waals surface area contributed by atoms with Crippen molar-refractivity contribution in [1.29, 1.82) is 0 Å². The summed E-state index contributed by atoms with van der Waals surface area (Å²) in [7, 11) is 0. The van der Waals surface area contributed by atoms with Crippen LogP contribution in [-0.4, -0.2) is 9.97 Å². The molecular formula is C55H34N2O2. The molecule has 0 saturated heterocycles. The van der Waals surface area contributed by atoms with Gasteiger partial charge in [0.15, 0.2) is 0 Å². The Morgan fingerprint density at radius 2 is 1.05 bits per heavy atom. The van der Waals surface area contributed by atoms with Gasteiger partial charge in [-0.3, -0.25) is 4.98 Å². The average molecular weight is 755 g/mol. The van der Waals surface area contributed by atoms with Crippen molar-refractivity contribution in [1.82, 2.24) is 9.97 Å². The highest BCUT2D eigenvalue weighted by Crippen LogP contribution is 2.50. The van der Waals surface area contributed by atoms with Crippen molar-refractivity contribution in [2.45, 2.75) is 19.3 Å². The summed E-state index contributed by atoms with van der Waals surface area (Å²) in [5, 5.41) is 8.76. The number of benzene rings is 9. The molecule has 0 fully saturated rings. The van der Waals surface area contributed by atoms with Gasteiger partial charge in [0, 0.05) is 43.5 Å². The molecule has 0 radical (unpaired) electrons. The molecule has 4 nitrogen and oxygen atoms in total. The molecule has 0 aliphatic heterocycles. The second-order valence-electron chi connectivity index (χ2n) is 16.5. The number of rotatable bonds is 3. The SMILES string of the molecule is CC1(C)c2ccccc2-c2ccc(-c3ccc4oc5ccc6c7cccc(-c8cccc(-c9cnc%10c%11ccccc%11c%11ccccc%11c%10n9)c8)c7oc6c5c4c3)cc21. The number of hydrogen-bond donors (Lipinski definition) is 0. The summed E-state index contributed by atoms with van der Waals surface area (Å²) in [4.78, 5) is 10.3. The Morgan fingerprint density at radius 3 is 1.92 bits per heavy atom. The van der Waals surface area contributed by atoms with Gasteiger partial charge in [-0.15, -0.1) is 0 Å². The second kappa shape index (κ2) is 11.7. The molecule has 276 valence electrons. The zero-order chi connectivity index (χ0) is 39.0. The van der Waals surface area contributed by atoms with E-state index in [0.29, 0.717) is 0 Å². The standard InChI is InChI=1S/C55H34N2O2/c1-55(2)45-20-8-7-15-38(45)39-23-21-32(29-46(39)55)31-22-25-48-44(28-31)50-49(58-48)26-24-43-42-19-10-18-35(53(42)59-54(43)50)33-11-9-12-34(27-33)47-30-56-51-40-16-5-3-13-36(40)37-14-4-6-17-41(37)52(51)57-47/h3-30H,1-2H3. The van der Waals surface area contributed by atoms with E-state index in [9.17, 15) is 0 Å². The molecule has 1 aliphatic rings. The Morgan fingerprint density at radius 1 is 0.407 bits per heavy atom. The van der Waals surface area contributed by atoms with E-state index in [2.05, 4.69) is 178 Å². The van der Waals surface area contributed by atoms with Crippen LogP contribution in [0.15, 0.2) is 179 Å². The molecule has 3 aromatic heterocycles. The number of furan rings is 2. The summed E-state index contributed by atoms with van der Waals surface area (Å²) in [6.45, 7) is 4.66. The first-order chi connectivity index (χ1) is 29.0. The van der Waals surface area contributed by atoms with Crippen molar-refractivity contribution in [2.75, 3.05) is 0 Å². The minimum absolute atomic E-state index is 0.0703. The number of fused-ring (bicyclic) bond motifs is 16. The number of aromatic nitrogens is 2. The fourth-order valence-electron chi connectivity index (χ4n) is 10.0. The second-order valence-corrected chi connectivity index (χ2v) is 16.5. The van der Waals surface area contributed by atoms with Crippen molar-refractivity contribution >= 4 is 76.5 Å². The van der Waals surface area contributed by atoms with Crippen molar-refractivity contribution < 1.29 is 8.83 Å². The third-order valence-corrected chi connectivity index (χ3v) is 12.9. The van der Waals surface area contributed by atoms with Gasteiger partial charge in [-0.25, -0.2) is 4.98 Å². The van der Waals surface area contributed by atoms with Crippen LogP contribution in [0.5, 0.6) is 0 Å². The summed E-state index contributed by atoms with van der Waals surface area (Å²) in [6, 6.07) is 58.4. The van der Waals surface area contributed by atoms with Crippen LogP contribution in [0.3, 0.4) is 0 Å². The number of hydrogen-bond acceptors (Lipinski definition) is 4. The van der Waals surface area contributed by atoms with E-state index in [1.54, 1.807) is 0 Å². The summed E-state index contributed by atoms with van der Waals surface area (Å²) >= 11 is 0. The lowest BCUT2D eigenvalue weighted by molar-refractivity contribution is 0.660. The highest BCUT2D eigenvalue weighted by atomic mass is 16.3. The summed E-state index contributed by atoms with van der Waals surface area (Å²) in [6.07, 6.45) is 1.90. The number of nitrogens with zero attached hydrogens (tertiary/aromatic N) is 2. The van der Waals surface area contributed by atoms with Gasteiger partial charge in [-0.05, 0) is 86.1 Å². The molecular weight excluding hydrogens is 721 g/mol. The quantitative estimate of drug-likeness (QED) is 0.169. The van der Waals surface area contributed by atoms with Crippen LogP contribution in [0.2, 0.25) is 0 Å². The van der Waals surface area contributed by atoms with Crippen molar-refractivity contribution in [3.8, 4) is 44.6 Å². The average Bonchev–Trinajstić information content (AvgIpc) is 3.93. The monoisotopic (exact) mass is 754 g/mol. The van der Waals surface area contributed by atoms with E-state index >= 15 is 0 Å². The van der Waals surface area contributed by atoms with E-state index in [1.165, 1.54) is 38.6 Å². The lowest BCUT2D eigenvalue weighted by atomic mass is 9.81. The fraction of sp³-hybridized carbons (Fsp3) is 0.0545. The Labute approximate surface area is 339 Å². The molecule has 9 aromatic carbocycles. The normalized spacial score (nSPS) is 13.4. The zero-order valence-electron chi connectivity index (χ0n) is 32.4. The molecule has 0 spiro atoms. The first kappa shape index (κ1) is 32.5. The maximum Gasteiger partial charge on any atom is 0.147 e. The Kier molecular flexibility index (Phi) is 6.48.